The molecule has 3 aromatic heterocycles. The molecule has 2 fully saturated rings. The van der Waals surface area contributed by atoms with Crippen LogP contribution in [0.3, 0.4) is 0 Å². The Morgan fingerprint density at radius 2 is 2.03 bits per heavy atom. The first-order valence-corrected chi connectivity index (χ1v) is 10.7. The van der Waals surface area contributed by atoms with E-state index in [-0.39, 0.29) is 12.2 Å². The lowest BCUT2D eigenvalue weighted by Crippen LogP contribution is -2.51. The minimum Gasteiger partial charge on any atom is -0.483 e. The highest BCUT2D eigenvalue weighted by atomic mass is 19.1. The van der Waals surface area contributed by atoms with Gasteiger partial charge < -0.3 is 20.6 Å². The SMILES string of the molecule is O=C(Nc1cn2ncnc2cc1F)N1CCc2c(N3CC4CCC(C3)N4)ccnc21.O=CO. The zero-order valence-electron chi connectivity index (χ0n) is 17.7. The molecule has 2 saturated heterocycles. The Kier molecular flexibility index (Phi) is 5.50. The quantitative estimate of drug-likeness (QED) is 0.497. The zero-order chi connectivity index (χ0) is 22.9. The van der Waals surface area contributed by atoms with Gasteiger partial charge in [-0.2, -0.15) is 5.10 Å². The van der Waals surface area contributed by atoms with Crippen molar-refractivity contribution in [3.05, 3.63) is 42.2 Å². The van der Waals surface area contributed by atoms with Crippen LogP contribution >= 0.6 is 0 Å². The van der Waals surface area contributed by atoms with E-state index in [9.17, 15) is 9.18 Å². The summed E-state index contributed by atoms with van der Waals surface area (Å²) >= 11 is 0. The molecule has 6 rings (SSSR count). The predicted octanol–water partition coefficient (Wildman–Crippen LogP) is 1.50. The van der Waals surface area contributed by atoms with Crippen LogP contribution in [0, 0.1) is 5.82 Å². The van der Waals surface area contributed by atoms with Crippen LogP contribution in [0.1, 0.15) is 18.4 Å². The largest absolute Gasteiger partial charge is 0.483 e. The molecule has 3 N–H and O–H groups in total. The van der Waals surface area contributed by atoms with Crippen LogP contribution in [0.2, 0.25) is 0 Å². The minimum atomic E-state index is -0.554. The molecular formula is C21H23FN8O3. The molecule has 11 nitrogen and oxygen atoms in total. The number of hydrogen-bond acceptors (Lipinski definition) is 7. The van der Waals surface area contributed by atoms with E-state index in [1.54, 1.807) is 11.1 Å². The summed E-state index contributed by atoms with van der Waals surface area (Å²) in [6.45, 7) is 2.21. The number of carbonyl (C=O) groups excluding carboxylic acids is 1. The highest BCUT2D eigenvalue weighted by Gasteiger charge is 2.35. The fourth-order valence-electron chi connectivity index (χ4n) is 4.87. The van der Waals surface area contributed by atoms with Crippen molar-refractivity contribution in [1.82, 2.24) is 24.9 Å². The normalized spacial score (nSPS) is 20.9. The highest BCUT2D eigenvalue weighted by Crippen LogP contribution is 2.36. The third-order valence-corrected chi connectivity index (χ3v) is 6.26. The van der Waals surface area contributed by atoms with Gasteiger partial charge in [0.05, 0.1) is 11.9 Å². The van der Waals surface area contributed by atoms with E-state index >= 15 is 0 Å². The summed E-state index contributed by atoms with van der Waals surface area (Å²) in [5.41, 5.74) is 2.68. The lowest BCUT2D eigenvalue weighted by Gasteiger charge is -2.35. The number of pyridine rings is 2. The van der Waals surface area contributed by atoms with Gasteiger partial charge in [-0.25, -0.2) is 23.7 Å². The van der Waals surface area contributed by atoms with E-state index < -0.39 is 11.8 Å². The predicted molar refractivity (Wildman–Crippen MR) is 118 cm³/mol. The van der Waals surface area contributed by atoms with Crippen LogP contribution in [0.5, 0.6) is 0 Å². The molecule has 33 heavy (non-hydrogen) atoms. The van der Waals surface area contributed by atoms with E-state index in [2.05, 4.69) is 30.6 Å². The molecule has 12 heteroatoms. The molecule has 2 unspecified atom stereocenters. The number of halogens is 1. The first-order valence-electron chi connectivity index (χ1n) is 10.7. The van der Waals surface area contributed by atoms with E-state index in [4.69, 9.17) is 9.90 Å². The molecule has 3 aliphatic rings. The van der Waals surface area contributed by atoms with Crippen LogP contribution in [0.25, 0.3) is 5.65 Å². The van der Waals surface area contributed by atoms with Gasteiger partial charge in [-0.05, 0) is 25.3 Å². The number of hydrogen-bond donors (Lipinski definition) is 3. The third kappa shape index (κ3) is 3.93. The van der Waals surface area contributed by atoms with Gasteiger partial charge in [0.2, 0.25) is 0 Å². The second-order valence-electron chi connectivity index (χ2n) is 8.21. The number of piperazine rings is 1. The minimum absolute atomic E-state index is 0.0567. The van der Waals surface area contributed by atoms with Crippen LogP contribution < -0.4 is 20.4 Å². The van der Waals surface area contributed by atoms with E-state index in [1.807, 2.05) is 6.07 Å². The van der Waals surface area contributed by atoms with Gasteiger partial charge >= 0.3 is 6.03 Å². The summed E-state index contributed by atoms with van der Waals surface area (Å²) in [4.78, 5) is 33.7. The molecule has 0 saturated carbocycles. The van der Waals surface area contributed by atoms with Crippen molar-refractivity contribution in [2.45, 2.75) is 31.3 Å². The molecule has 3 aromatic rings. The Labute approximate surface area is 188 Å². The molecule has 6 heterocycles. The van der Waals surface area contributed by atoms with Crippen LogP contribution in [0.4, 0.5) is 26.4 Å². The van der Waals surface area contributed by atoms with Gasteiger partial charge in [-0.1, -0.05) is 0 Å². The molecule has 172 valence electrons. The topological polar surface area (TPSA) is 128 Å². The maximum Gasteiger partial charge on any atom is 0.327 e. The second kappa shape index (κ2) is 8.62. The van der Waals surface area contributed by atoms with Crippen molar-refractivity contribution in [2.24, 2.45) is 0 Å². The maximum atomic E-state index is 14.4. The highest BCUT2D eigenvalue weighted by molar-refractivity contribution is 6.03. The summed E-state index contributed by atoms with van der Waals surface area (Å²) in [5.74, 6) is 0.0967. The van der Waals surface area contributed by atoms with E-state index in [1.165, 1.54) is 35.9 Å². The Morgan fingerprint density at radius 3 is 2.79 bits per heavy atom. The van der Waals surface area contributed by atoms with Crippen molar-refractivity contribution in [1.29, 1.82) is 0 Å². The number of aromatic nitrogens is 4. The summed E-state index contributed by atoms with van der Waals surface area (Å²) in [6.07, 6.45) is 7.68. The number of carbonyl (C=O) groups is 2. The molecule has 0 spiro atoms. The zero-order valence-corrected chi connectivity index (χ0v) is 17.7. The number of nitrogens with zero attached hydrogens (tertiary/aromatic N) is 6. The average molecular weight is 454 g/mol. The standard InChI is InChI=1S/C20H21FN8O.CH2O2/c21-15-7-18-23-11-24-29(18)10-16(15)26-20(30)28-6-4-14-17(3-5-22-19(14)28)27-8-12-1-2-13(9-27)25-12;2-1-3/h3,5,7,10-13,25H,1-2,4,6,8-9H2,(H,26,30);1H,(H,2,3). The van der Waals surface area contributed by atoms with Crippen molar-refractivity contribution in [3.8, 4) is 0 Å². The van der Waals surface area contributed by atoms with E-state index in [0.29, 0.717) is 30.1 Å². The summed E-state index contributed by atoms with van der Waals surface area (Å²) in [7, 11) is 0. The van der Waals surface area contributed by atoms with E-state index in [0.717, 1.165) is 30.8 Å². The van der Waals surface area contributed by atoms with Crippen LogP contribution in [-0.4, -0.2) is 68.9 Å². The monoisotopic (exact) mass is 454 g/mol. The maximum absolute atomic E-state index is 14.4. The number of nitrogens with one attached hydrogen (secondary N) is 2. The van der Waals surface area contributed by atoms with Crippen molar-refractivity contribution in [2.75, 3.05) is 34.8 Å². The number of amides is 2. The third-order valence-electron chi connectivity index (χ3n) is 6.26. The molecule has 2 amide bonds. The van der Waals surface area contributed by atoms with Crippen molar-refractivity contribution < 1.29 is 19.1 Å². The Bertz CT molecular complexity index is 1190. The number of fused-ring (bicyclic) bond motifs is 4. The fraction of sp³-hybridized carbons (Fsp3) is 0.381. The summed E-state index contributed by atoms with van der Waals surface area (Å²) < 4.78 is 15.8. The smallest absolute Gasteiger partial charge is 0.327 e. The second-order valence-corrected chi connectivity index (χ2v) is 8.21. The molecule has 0 aromatic carbocycles. The van der Waals surface area contributed by atoms with Gasteiger partial charge in [0.15, 0.2) is 11.5 Å². The Hall–Kier alpha value is -3.80. The lowest BCUT2D eigenvalue weighted by molar-refractivity contribution is -0.122. The van der Waals surface area contributed by atoms with Gasteiger partial charge in [0.1, 0.15) is 12.1 Å². The summed E-state index contributed by atoms with van der Waals surface area (Å²) in [5, 5.41) is 17.2. The molecular weight excluding hydrogens is 431 g/mol. The summed E-state index contributed by atoms with van der Waals surface area (Å²) in [6, 6.07) is 3.95. The van der Waals surface area contributed by atoms with Gasteiger partial charge in [-0.3, -0.25) is 9.69 Å². The van der Waals surface area contributed by atoms with Crippen LogP contribution in [-0.2, 0) is 11.2 Å². The first-order chi connectivity index (χ1) is 16.1. The van der Waals surface area contributed by atoms with Crippen molar-refractivity contribution in [3.63, 3.8) is 0 Å². The number of rotatable bonds is 2. The Morgan fingerprint density at radius 1 is 1.27 bits per heavy atom. The molecule has 0 aliphatic carbocycles. The number of urea groups is 1. The first kappa shape index (κ1) is 21.1. The van der Waals surface area contributed by atoms with Gasteiger partial charge in [-0.15, -0.1) is 0 Å². The number of anilines is 3. The van der Waals surface area contributed by atoms with Crippen LogP contribution in [0.15, 0.2) is 30.9 Å². The Balaban J connectivity index is 0.000000724. The molecule has 2 bridgehead atoms. The molecule has 2 atom stereocenters. The number of carboxylic acid groups (broad SMARTS) is 1. The average Bonchev–Trinajstić information content (AvgIpc) is 3.52. The molecule has 0 radical (unpaired) electrons. The molecule has 3 aliphatic heterocycles. The van der Waals surface area contributed by atoms with Gasteiger partial charge in [0.25, 0.3) is 6.47 Å². The van der Waals surface area contributed by atoms with Gasteiger partial charge in [0, 0.05) is 55.2 Å². The van der Waals surface area contributed by atoms with Crippen molar-refractivity contribution >= 4 is 35.3 Å². The fourth-order valence-corrected chi connectivity index (χ4v) is 4.87. The lowest BCUT2D eigenvalue weighted by atomic mass is 10.1.